The third-order valence-corrected chi connectivity index (χ3v) is 3.87. The van der Waals surface area contributed by atoms with Crippen LogP contribution < -0.4 is 4.74 Å². The number of benzene rings is 2. The fourth-order valence-electron chi connectivity index (χ4n) is 1.54. The SMILES string of the molecule is O=C(O)c1cc(I)ccc1OCc1ccc(I)cc1. The van der Waals surface area contributed by atoms with Gasteiger partial charge in [0.25, 0.3) is 0 Å². The molecule has 0 heterocycles. The molecule has 1 N–H and O–H groups in total. The van der Waals surface area contributed by atoms with Crippen LogP contribution in [0.25, 0.3) is 0 Å². The minimum atomic E-state index is -0.976. The van der Waals surface area contributed by atoms with E-state index in [9.17, 15) is 4.79 Å². The number of carboxylic acid groups (broad SMARTS) is 1. The minimum Gasteiger partial charge on any atom is -0.488 e. The first-order valence-electron chi connectivity index (χ1n) is 5.46. The summed E-state index contributed by atoms with van der Waals surface area (Å²) in [5, 5.41) is 9.14. The number of hydrogen-bond donors (Lipinski definition) is 1. The second-order valence-electron chi connectivity index (χ2n) is 3.86. The second-order valence-corrected chi connectivity index (χ2v) is 6.35. The number of carboxylic acids is 1. The second kappa shape index (κ2) is 6.56. The Bertz CT molecular complexity index is 594. The van der Waals surface area contributed by atoms with Crippen LogP contribution in [0.1, 0.15) is 15.9 Å². The van der Waals surface area contributed by atoms with Crippen molar-refractivity contribution in [2.75, 3.05) is 0 Å². The number of hydrogen-bond acceptors (Lipinski definition) is 2. The Kier molecular flexibility index (Phi) is 5.03. The molecule has 0 aliphatic rings. The zero-order chi connectivity index (χ0) is 13.8. The molecule has 0 aliphatic heterocycles. The van der Waals surface area contributed by atoms with E-state index in [1.807, 2.05) is 30.3 Å². The van der Waals surface area contributed by atoms with Crippen LogP contribution in [0, 0.1) is 7.14 Å². The number of carbonyl (C=O) groups is 1. The van der Waals surface area contributed by atoms with Crippen LogP contribution in [0.5, 0.6) is 5.75 Å². The molecule has 5 heteroatoms. The highest BCUT2D eigenvalue weighted by Crippen LogP contribution is 2.22. The Labute approximate surface area is 138 Å². The summed E-state index contributed by atoms with van der Waals surface area (Å²) in [5.41, 5.74) is 1.20. The summed E-state index contributed by atoms with van der Waals surface area (Å²) >= 11 is 4.31. The average molecular weight is 480 g/mol. The van der Waals surface area contributed by atoms with Gasteiger partial charge in [-0.25, -0.2) is 4.79 Å². The summed E-state index contributed by atoms with van der Waals surface area (Å²) < 4.78 is 7.62. The summed E-state index contributed by atoms with van der Waals surface area (Å²) in [6.07, 6.45) is 0. The van der Waals surface area contributed by atoms with Crippen LogP contribution in [-0.2, 0) is 6.61 Å². The molecule has 0 fully saturated rings. The highest BCUT2D eigenvalue weighted by Gasteiger charge is 2.11. The molecule has 0 amide bonds. The van der Waals surface area contributed by atoms with E-state index in [2.05, 4.69) is 45.2 Å². The summed E-state index contributed by atoms with van der Waals surface area (Å²) in [4.78, 5) is 11.1. The molecule has 0 radical (unpaired) electrons. The Balaban J connectivity index is 2.15. The predicted molar refractivity (Wildman–Crippen MR) is 89.6 cm³/mol. The third-order valence-electron chi connectivity index (χ3n) is 2.48. The molecule has 98 valence electrons. The fraction of sp³-hybridized carbons (Fsp3) is 0.0714. The van der Waals surface area contributed by atoms with Crippen molar-refractivity contribution in [1.82, 2.24) is 0 Å². The first kappa shape index (κ1) is 14.6. The smallest absolute Gasteiger partial charge is 0.339 e. The molecular weight excluding hydrogens is 470 g/mol. The molecule has 0 saturated heterocycles. The molecule has 0 aliphatic carbocycles. The van der Waals surface area contributed by atoms with Crippen LogP contribution in [0.3, 0.4) is 0 Å². The minimum absolute atomic E-state index is 0.192. The number of ether oxygens (including phenoxy) is 1. The summed E-state index contributed by atoms with van der Waals surface area (Å²) in [5.74, 6) is -0.581. The van der Waals surface area contributed by atoms with E-state index < -0.39 is 5.97 Å². The standard InChI is InChI=1S/C14H10I2O3/c15-10-3-1-9(2-4-10)8-19-13-6-5-11(16)7-12(13)14(17)18/h1-7H,8H2,(H,17,18). The van der Waals surface area contributed by atoms with E-state index in [4.69, 9.17) is 9.84 Å². The molecule has 19 heavy (non-hydrogen) atoms. The van der Waals surface area contributed by atoms with Gasteiger partial charge in [-0.05, 0) is 81.1 Å². The van der Waals surface area contributed by atoms with E-state index in [0.717, 1.165) is 12.7 Å². The fourth-order valence-corrected chi connectivity index (χ4v) is 2.39. The van der Waals surface area contributed by atoms with E-state index in [1.54, 1.807) is 12.1 Å². The van der Waals surface area contributed by atoms with Gasteiger partial charge in [0.15, 0.2) is 0 Å². The van der Waals surface area contributed by atoms with Gasteiger partial charge in [-0.1, -0.05) is 12.1 Å². The van der Waals surface area contributed by atoms with Crippen molar-refractivity contribution in [3.63, 3.8) is 0 Å². The van der Waals surface area contributed by atoms with E-state index in [0.29, 0.717) is 12.4 Å². The van der Waals surface area contributed by atoms with E-state index >= 15 is 0 Å². The average Bonchev–Trinajstić information content (AvgIpc) is 2.39. The van der Waals surface area contributed by atoms with Crippen molar-refractivity contribution in [2.45, 2.75) is 6.61 Å². The molecule has 3 nitrogen and oxygen atoms in total. The van der Waals surface area contributed by atoms with Gasteiger partial charge in [0.2, 0.25) is 0 Å². The molecule has 2 aromatic carbocycles. The number of aromatic carboxylic acids is 1. The molecule has 0 aromatic heterocycles. The molecule has 0 atom stereocenters. The van der Waals surface area contributed by atoms with Gasteiger partial charge in [-0.3, -0.25) is 0 Å². The molecular formula is C14H10I2O3. The Hall–Kier alpha value is -0.830. The maximum Gasteiger partial charge on any atom is 0.339 e. The maximum atomic E-state index is 11.1. The van der Waals surface area contributed by atoms with Crippen molar-refractivity contribution < 1.29 is 14.6 Å². The zero-order valence-corrected chi connectivity index (χ0v) is 14.1. The van der Waals surface area contributed by atoms with Crippen LogP contribution >= 0.6 is 45.2 Å². The molecule has 0 bridgehead atoms. The zero-order valence-electron chi connectivity index (χ0n) is 9.77. The summed E-state index contributed by atoms with van der Waals surface area (Å²) in [7, 11) is 0. The molecule has 2 rings (SSSR count). The lowest BCUT2D eigenvalue weighted by atomic mass is 10.2. The number of rotatable bonds is 4. The number of halogens is 2. The van der Waals surface area contributed by atoms with Crippen molar-refractivity contribution in [3.05, 3.63) is 60.7 Å². The lowest BCUT2D eigenvalue weighted by Crippen LogP contribution is -2.03. The highest BCUT2D eigenvalue weighted by molar-refractivity contribution is 14.1. The molecule has 0 spiro atoms. The van der Waals surface area contributed by atoms with Crippen LogP contribution in [0.15, 0.2) is 42.5 Å². The van der Waals surface area contributed by atoms with Crippen molar-refractivity contribution in [3.8, 4) is 5.75 Å². The van der Waals surface area contributed by atoms with E-state index in [1.165, 1.54) is 0 Å². The molecule has 0 unspecified atom stereocenters. The van der Waals surface area contributed by atoms with Gasteiger partial charge >= 0.3 is 5.97 Å². The topological polar surface area (TPSA) is 46.5 Å². The van der Waals surface area contributed by atoms with Gasteiger partial charge in [-0.15, -0.1) is 0 Å². The summed E-state index contributed by atoms with van der Waals surface area (Å²) in [6, 6.07) is 13.0. The van der Waals surface area contributed by atoms with Gasteiger partial charge in [-0.2, -0.15) is 0 Å². The largest absolute Gasteiger partial charge is 0.488 e. The Morgan fingerprint density at radius 3 is 2.32 bits per heavy atom. The molecule has 0 saturated carbocycles. The third kappa shape index (κ3) is 4.07. The first-order valence-corrected chi connectivity index (χ1v) is 7.62. The monoisotopic (exact) mass is 480 g/mol. The van der Waals surface area contributed by atoms with Gasteiger partial charge < -0.3 is 9.84 Å². The summed E-state index contributed by atoms with van der Waals surface area (Å²) in [6.45, 7) is 0.359. The maximum absolute atomic E-state index is 11.1. The van der Waals surface area contributed by atoms with E-state index in [-0.39, 0.29) is 5.56 Å². The predicted octanol–water partition coefficient (Wildman–Crippen LogP) is 4.17. The highest BCUT2D eigenvalue weighted by atomic mass is 127. The lowest BCUT2D eigenvalue weighted by molar-refractivity contribution is 0.0691. The molecule has 2 aromatic rings. The van der Waals surface area contributed by atoms with Crippen LogP contribution in [0.4, 0.5) is 0 Å². The lowest BCUT2D eigenvalue weighted by Gasteiger charge is -2.09. The normalized spacial score (nSPS) is 10.2. The van der Waals surface area contributed by atoms with Gasteiger partial charge in [0, 0.05) is 7.14 Å². The first-order chi connectivity index (χ1) is 9.06. The Morgan fingerprint density at radius 1 is 1.05 bits per heavy atom. The quantitative estimate of drug-likeness (QED) is 0.669. The van der Waals surface area contributed by atoms with Crippen LogP contribution in [-0.4, -0.2) is 11.1 Å². The van der Waals surface area contributed by atoms with Crippen molar-refractivity contribution >= 4 is 51.2 Å². The Morgan fingerprint density at radius 2 is 1.68 bits per heavy atom. The van der Waals surface area contributed by atoms with Crippen LogP contribution in [0.2, 0.25) is 0 Å². The van der Waals surface area contributed by atoms with Crippen molar-refractivity contribution in [2.24, 2.45) is 0 Å². The van der Waals surface area contributed by atoms with Gasteiger partial charge in [0.05, 0.1) is 0 Å². The van der Waals surface area contributed by atoms with Crippen molar-refractivity contribution in [1.29, 1.82) is 0 Å². The van der Waals surface area contributed by atoms with Gasteiger partial charge in [0.1, 0.15) is 17.9 Å².